The number of hydrogen-bond donors (Lipinski definition) is 4. The number of rotatable bonds is 9. The lowest BCUT2D eigenvalue weighted by Crippen LogP contribution is -2.44. The van der Waals surface area contributed by atoms with Crippen molar-refractivity contribution in [3.05, 3.63) is 0 Å². The molecule has 0 unspecified atom stereocenters. The van der Waals surface area contributed by atoms with Crippen LogP contribution in [0.15, 0.2) is 0 Å². The lowest BCUT2D eigenvalue weighted by molar-refractivity contribution is -0.139. The first-order chi connectivity index (χ1) is 8.81. The van der Waals surface area contributed by atoms with Gasteiger partial charge < -0.3 is 21.5 Å². The molecule has 0 rings (SSSR count). The minimum Gasteiger partial charge on any atom is -0.480 e. The first-order valence-electron chi connectivity index (χ1n) is 5.55. The Hall–Kier alpha value is -2.16. The third kappa shape index (κ3) is 10.7. The van der Waals surface area contributed by atoms with E-state index in [2.05, 4.69) is 10.6 Å². The molecule has 9 nitrogen and oxygen atoms in total. The van der Waals surface area contributed by atoms with Gasteiger partial charge in [-0.1, -0.05) is 0 Å². The standard InChI is InChI=1S/C10H18N4O5/c1-7(15)12-2-3-13-9(17)5-14(4-8(11)16)6-10(18)19/h2-6H2,1H3,(H2,11,16)(H,12,15)(H,13,17)(H,18,19). The van der Waals surface area contributed by atoms with Crippen LogP contribution in [0.25, 0.3) is 0 Å². The van der Waals surface area contributed by atoms with Gasteiger partial charge in [0.05, 0.1) is 19.6 Å². The monoisotopic (exact) mass is 274 g/mol. The van der Waals surface area contributed by atoms with Crippen LogP contribution in [0.3, 0.4) is 0 Å². The van der Waals surface area contributed by atoms with Gasteiger partial charge in [-0.25, -0.2) is 0 Å². The molecule has 0 aliphatic carbocycles. The van der Waals surface area contributed by atoms with Gasteiger partial charge in [0.2, 0.25) is 17.7 Å². The number of carboxylic acid groups (broad SMARTS) is 1. The number of nitrogens with one attached hydrogen (secondary N) is 2. The molecule has 0 atom stereocenters. The highest BCUT2D eigenvalue weighted by Gasteiger charge is 2.15. The summed E-state index contributed by atoms with van der Waals surface area (Å²) in [4.78, 5) is 44.4. The van der Waals surface area contributed by atoms with Gasteiger partial charge >= 0.3 is 5.97 Å². The minimum absolute atomic E-state index is 0.213. The maximum atomic E-state index is 11.5. The number of nitrogens with two attached hydrogens (primary N) is 1. The van der Waals surface area contributed by atoms with Gasteiger partial charge in [-0.2, -0.15) is 0 Å². The highest BCUT2D eigenvalue weighted by atomic mass is 16.4. The SMILES string of the molecule is CC(=O)NCCNC(=O)CN(CC(N)=O)CC(=O)O. The summed E-state index contributed by atoms with van der Waals surface area (Å²) in [5.41, 5.74) is 4.95. The van der Waals surface area contributed by atoms with E-state index >= 15 is 0 Å². The average Bonchev–Trinajstić information content (AvgIpc) is 2.22. The van der Waals surface area contributed by atoms with Gasteiger partial charge in [0.15, 0.2) is 0 Å². The molecule has 0 aliphatic rings. The molecule has 0 spiro atoms. The van der Waals surface area contributed by atoms with Gasteiger partial charge in [0, 0.05) is 20.0 Å². The Morgan fingerprint density at radius 3 is 2.11 bits per heavy atom. The Bertz CT molecular complexity index is 342. The van der Waals surface area contributed by atoms with Gasteiger partial charge in [0.25, 0.3) is 0 Å². The lowest BCUT2D eigenvalue weighted by atomic mass is 10.4. The summed E-state index contributed by atoms with van der Waals surface area (Å²) in [5.74, 6) is -2.54. The topological polar surface area (TPSA) is 142 Å². The predicted molar refractivity (Wildman–Crippen MR) is 65.0 cm³/mol. The Morgan fingerprint density at radius 1 is 1.05 bits per heavy atom. The van der Waals surface area contributed by atoms with Crippen LogP contribution in [-0.4, -0.2) is 66.4 Å². The van der Waals surface area contributed by atoms with Crippen molar-refractivity contribution in [2.45, 2.75) is 6.92 Å². The normalized spacial score (nSPS) is 10.0. The smallest absolute Gasteiger partial charge is 0.317 e. The van der Waals surface area contributed by atoms with E-state index in [-0.39, 0.29) is 32.1 Å². The predicted octanol–water partition coefficient (Wildman–Crippen LogP) is -2.89. The third-order valence-electron chi connectivity index (χ3n) is 1.93. The molecule has 0 bridgehead atoms. The van der Waals surface area contributed by atoms with Gasteiger partial charge in [-0.05, 0) is 0 Å². The largest absolute Gasteiger partial charge is 0.480 e. The van der Waals surface area contributed by atoms with Crippen LogP contribution in [0.5, 0.6) is 0 Å². The second kappa shape index (κ2) is 8.86. The number of carbonyl (C=O) groups is 4. The van der Waals surface area contributed by atoms with E-state index in [4.69, 9.17) is 10.8 Å². The molecule has 0 aliphatic heterocycles. The van der Waals surface area contributed by atoms with Crippen molar-refractivity contribution >= 4 is 23.7 Å². The second-order valence-electron chi connectivity index (χ2n) is 3.84. The van der Waals surface area contributed by atoms with Crippen LogP contribution in [-0.2, 0) is 19.2 Å². The number of hydrogen-bond acceptors (Lipinski definition) is 5. The minimum atomic E-state index is -1.16. The molecule has 0 aromatic carbocycles. The summed E-state index contributed by atoms with van der Waals surface area (Å²) in [6.07, 6.45) is 0. The van der Waals surface area contributed by atoms with E-state index in [9.17, 15) is 19.2 Å². The molecular formula is C10H18N4O5. The number of carbonyl (C=O) groups excluding carboxylic acids is 3. The third-order valence-corrected chi connectivity index (χ3v) is 1.93. The van der Waals surface area contributed by atoms with Crippen LogP contribution in [0.1, 0.15) is 6.92 Å². The van der Waals surface area contributed by atoms with E-state index in [1.807, 2.05) is 0 Å². The van der Waals surface area contributed by atoms with Gasteiger partial charge in [0.1, 0.15) is 0 Å². The number of primary amides is 1. The highest BCUT2D eigenvalue weighted by Crippen LogP contribution is 1.87. The van der Waals surface area contributed by atoms with E-state index < -0.39 is 24.3 Å². The van der Waals surface area contributed by atoms with Crippen LogP contribution in [0.2, 0.25) is 0 Å². The molecule has 0 heterocycles. The van der Waals surface area contributed by atoms with Gasteiger partial charge in [-0.15, -0.1) is 0 Å². The number of carboxylic acids is 1. The molecule has 0 aromatic heterocycles. The second-order valence-corrected chi connectivity index (χ2v) is 3.84. The quantitative estimate of drug-likeness (QED) is 0.332. The molecule has 3 amide bonds. The summed E-state index contributed by atoms with van der Waals surface area (Å²) < 4.78 is 0. The maximum absolute atomic E-state index is 11.5. The van der Waals surface area contributed by atoms with Gasteiger partial charge in [-0.3, -0.25) is 24.1 Å². The van der Waals surface area contributed by atoms with E-state index in [1.54, 1.807) is 0 Å². The Labute approximate surface area is 110 Å². The zero-order valence-corrected chi connectivity index (χ0v) is 10.6. The lowest BCUT2D eigenvalue weighted by Gasteiger charge is -2.17. The molecule has 0 aromatic rings. The summed E-state index contributed by atoms with van der Waals surface area (Å²) in [6.45, 7) is 0.817. The zero-order chi connectivity index (χ0) is 14.8. The van der Waals surface area contributed by atoms with Crippen LogP contribution >= 0.6 is 0 Å². The Balaban J connectivity index is 4.04. The molecule has 0 saturated carbocycles. The average molecular weight is 274 g/mol. The fourth-order valence-corrected chi connectivity index (χ4v) is 1.28. The number of aliphatic carboxylic acids is 1. The molecule has 0 saturated heterocycles. The van der Waals surface area contributed by atoms with Crippen molar-refractivity contribution in [1.82, 2.24) is 15.5 Å². The van der Waals surface area contributed by atoms with E-state index in [1.165, 1.54) is 6.92 Å². The summed E-state index contributed by atoms with van der Waals surface area (Å²) in [6, 6.07) is 0. The number of amides is 3. The Morgan fingerprint density at radius 2 is 1.63 bits per heavy atom. The first-order valence-corrected chi connectivity index (χ1v) is 5.55. The Kier molecular flexibility index (Phi) is 7.85. The fraction of sp³-hybridized carbons (Fsp3) is 0.600. The van der Waals surface area contributed by atoms with Crippen molar-refractivity contribution in [3.63, 3.8) is 0 Å². The van der Waals surface area contributed by atoms with Crippen molar-refractivity contribution < 1.29 is 24.3 Å². The molecule has 19 heavy (non-hydrogen) atoms. The summed E-state index contributed by atoms with van der Waals surface area (Å²) in [7, 11) is 0. The molecule has 9 heteroatoms. The van der Waals surface area contributed by atoms with Crippen LogP contribution in [0.4, 0.5) is 0 Å². The van der Waals surface area contributed by atoms with Crippen LogP contribution in [0, 0.1) is 0 Å². The molecule has 0 fully saturated rings. The summed E-state index contributed by atoms with van der Waals surface area (Å²) in [5, 5.41) is 13.6. The van der Waals surface area contributed by atoms with Crippen molar-refractivity contribution in [2.24, 2.45) is 5.73 Å². The fourth-order valence-electron chi connectivity index (χ4n) is 1.28. The van der Waals surface area contributed by atoms with E-state index in [0.29, 0.717) is 0 Å². The maximum Gasteiger partial charge on any atom is 0.317 e. The van der Waals surface area contributed by atoms with Crippen molar-refractivity contribution in [1.29, 1.82) is 0 Å². The highest BCUT2D eigenvalue weighted by molar-refractivity contribution is 5.81. The molecule has 108 valence electrons. The van der Waals surface area contributed by atoms with Crippen molar-refractivity contribution in [2.75, 3.05) is 32.7 Å². The molecular weight excluding hydrogens is 256 g/mol. The van der Waals surface area contributed by atoms with E-state index in [0.717, 1.165) is 4.90 Å². The zero-order valence-electron chi connectivity index (χ0n) is 10.6. The molecule has 0 radical (unpaired) electrons. The first kappa shape index (κ1) is 16.8. The number of nitrogens with zero attached hydrogens (tertiary/aromatic N) is 1. The van der Waals surface area contributed by atoms with Crippen LogP contribution < -0.4 is 16.4 Å². The summed E-state index contributed by atoms with van der Waals surface area (Å²) >= 11 is 0. The molecule has 5 N–H and O–H groups in total. The van der Waals surface area contributed by atoms with Crippen molar-refractivity contribution in [3.8, 4) is 0 Å².